The summed E-state index contributed by atoms with van der Waals surface area (Å²) in [6.07, 6.45) is 4.95. The number of benzene rings is 1. The molecule has 0 saturated heterocycles. The lowest BCUT2D eigenvalue weighted by atomic mass is 9.87. The first kappa shape index (κ1) is 14.6. The van der Waals surface area contributed by atoms with Crippen LogP contribution >= 0.6 is 0 Å². The molecule has 0 radical (unpaired) electrons. The van der Waals surface area contributed by atoms with Crippen LogP contribution in [-0.2, 0) is 0 Å². The highest BCUT2D eigenvalue weighted by Crippen LogP contribution is 2.40. The molecular weight excluding hydrogens is 248 g/mol. The quantitative estimate of drug-likeness (QED) is 0.508. The maximum absolute atomic E-state index is 8.78. The van der Waals surface area contributed by atoms with Gasteiger partial charge in [-0.25, -0.2) is 0 Å². The molecule has 0 amide bonds. The number of nitrogens with zero attached hydrogens (tertiary/aromatic N) is 2. The van der Waals surface area contributed by atoms with Crippen LogP contribution in [0.4, 0.5) is 5.69 Å². The molecule has 3 nitrogen and oxygen atoms in total. The highest BCUT2D eigenvalue weighted by molar-refractivity contribution is 5.89. The Morgan fingerprint density at radius 1 is 1.30 bits per heavy atom. The minimum atomic E-state index is 0.0338. The zero-order valence-corrected chi connectivity index (χ0v) is 13.1. The summed E-state index contributed by atoms with van der Waals surface area (Å²) in [6.45, 7) is 12.0. The Hall–Kier alpha value is -1.77. The van der Waals surface area contributed by atoms with E-state index in [1.54, 1.807) is 0 Å². The van der Waals surface area contributed by atoms with E-state index in [4.69, 9.17) is 5.21 Å². The number of allylic oxidation sites excluding steroid dienone is 1. The number of aryl methyl sites for hydroxylation is 1. The smallest absolute Gasteiger partial charge is 0.0736 e. The maximum atomic E-state index is 8.78. The van der Waals surface area contributed by atoms with E-state index in [0.29, 0.717) is 0 Å². The van der Waals surface area contributed by atoms with Crippen LogP contribution in [0.15, 0.2) is 23.4 Å². The third kappa shape index (κ3) is 2.45. The van der Waals surface area contributed by atoms with Crippen molar-refractivity contribution in [2.75, 3.05) is 11.4 Å². The van der Waals surface area contributed by atoms with Crippen molar-refractivity contribution in [3.8, 4) is 0 Å². The van der Waals surface area contributed by atoms with Gasteiger partial charge >= 0.3 is 0 Å². The molecule has 108 valence electrons. The van der Waals surface area contributed by atoms with E-state index in [-0.39, 0.29) is 5.54 Å². The molecule has 1 aliphatic heterocycles. The van der Waals surface area contributed by atoms with Crippen LogP contribution in [0.25, 0.3) is 5.57 Å². The summed E-state index contributed by atoms with van der Waals surface area (Å²) < 4.78 is 0. The van der Waals surface area contributed by atoms with E-state index >= 15 is 0 Å². The summed E-state index contributed by atoms with van der Waals surface area (Å²) in [5, 5.41) is 11.9. The van der Waals surface area contributed by atoms with Crippen LogP contribution < -0.4 is 4.90 Å². The van der Waals surface area contributed by atoms with Gasteiger partial charge in [-0.1, -0.05) is 18.2 Å². The van der Waals surface area contributed by atoms with E-state index in [0.717, 1.165) is 24.1 Å². The van der Waals surface area contributed by atoms with Gasteiger partial charge in [-0.05, 0) is 62.9 Å². The standard InChI is InChI=1S/C17H24N2O/c1-6-7-19-16-8-12(2)14(11-18-20)9-15(16)13(3)10-17(19,4)5/h8-11,20H,6-7H2,1-5H3. The fraction of sp³-hybridized carbons (Fsp3) is 0.471. The predicted octanol–water partition coefficient (Wildman–Crippen LogP) is 4.22. The van der Waals surface area contributed by atoms with Crippen molar-refractivity contribution in [2.24, 2.45) is 5.16 Å². The first-order valence-corrected chi connectivity index (χ1v) is 7.20. The van der Waals surface area contributed by atoms with E-state index in [1.165, 1.54) is 23.0 Å². The molecule has 0 spiro atoms. The molecule has 0 fully saturated rings. The van der Waals surface area contributed by atoms with Crippen molar-refractivity contribution in [2.45, 2.75) is 46.6 Å². The molecule has 1 heterocycles. The van der Waals surface area contributed by atoms with Gasteiger partial charge < -0.3 is 10.1 Å². The molecule has 0 aromatic heterocycles. The van der Waals surface area contributed by atoms with Crippen LogP contribution in [0, 0.1) is 6.92 Å². The Balaban J connectivity index is 2.63. The van der Waals surface area contributed by atoms with Crippen LogP contribution in [0.2, 0.25) is 0 Å². The number of anilines is 1. The Morgan fingerprint density at radius 2 is 2.00 bits per heavy atom. The lowest BCUT2D eigenvalue weighted by Gasteiger charge is -2.43. The Morgan fingerprint density at radius 3 is 2.60 bits per heavy atom. The Labute approximate surface area is 121 Å². The summed E-state index contributed by atoms with van der Waals surface area (Å²) in [7, 11) is 0. The van der Waals surface area contributed by atoms with Gasteiger partial charge in [-0.15, -0.1) is 0 Å². The lowest BCUT2D eigenvalue weighted by molar-refractivity contribution is 0.322. The summed E-state index contributed by atoms with van der Waals surface area (Å²) in [5.41, 5.74) is 5.93. The summed E-state index contributed by atoms with van der Waals surface area (Å²) in [4.78, 5) is 2.46. The van der Waals surface area contributed by atoms with E-state index in [9.17, 15) is 0 Å². The normalized spacial score (nSPS) is 17.2. The zero-order valence-electron chi connectivity index (χ0n) is 13.1. The lowest BCUT2D eigenvalue weighted by Crippen LogP contribution is -2.45. The topological polar surface area (TPSA) is 35.8 Å². The molecule has 1 N–H and O–H groups in total. The summed E-state index contributed by atoms with van der Waals surface area (Å²) >= 11 is 0. The van der Waals surface area contributed by atoms with Crippen LogP contribution in [0.1, 0.15) is 50.8 Å². The fourth-order valence-electron chi connectivity index (χ4n) is 3.08. The first-order valence-electron chi connectivity index (χ1n) is 7.20. The second-order valence-corrected chi connectivity index (χ2v) is 6.10. The number of hydrogen-bond acceptors (Lipinski definition) is 3. The van der Waals surface area contributed by atoms with Crippen molar-refractivity contribution < 1.29 is 5.21 Å². The fourth-order valence-corrected chi connectivity index (χ4v) is 3.08. The number of rotatable bonds is 3. The van der Waals surface area contributed by atoms with E-state index < -0.39 is 0 Å². The molecular formula is C17H24N2O. The largest absolute Gasteiger partial charge is 0.411 e. The van der Waals surface area contributed by atoms with Gasteiger partial charge in [0.15, 0.2) is 0 Å². The molecule has 1 aliphatic rings. The third-order valence-corrected chi connectivity index (χ3v) is 4.01. The molecule has 0 saturated carbocycles. The molecule has 2 rings (SSSR count). The van der Waals surface area contributed by atoms with Crippen LogP contribution in [0.5, 0.6) is 0 Å². The highest BCUT2D eigenvalue weighted by atomic mass is 16.4. The molecule has 1 aromatic rings. The highest BCUT2D eigenvalue weighted by Gasteiger charge is 2.30. The first-order chi connectivity index (χ1) is 9.40. The van der Waals surface area contributed by atoms with Crippen molar-refractivity contribution in [3.05, 3.63) is 34.9 Å². The second-order valence-electron chi connectivity index (χ2n) is 6.10. The van der Waals surface area contributed by atoms with Crippen LogP contribution in [0.3, 0.4) is 0 Å². The SMILES string of the molecule is CCCN1c2cc(C)c(C=NO)cc2C(C)=CC1(C)C. The average molecular weight is 272 g/mol. The van der Waals surface area contributed by atoms with Gasteiger partial charge in [0.2, 0.25) is 0 Å². The van der Waals surface area contributed by atoms with Gasteiger partial charge in [0.05, 0.1) is 11.8 Å². The molecule has 0 atom stereocenters. The molecule has 0 aliphatic carbocycles. The van der Waals surface area contributed by atoms with E-state index in [2.05, 4.69) is 62.9 Å². The molecule has 0 bridgehead atoms. The third-order valence-electron chi connectivity index (χ3n) is 4.01. The van der Waals surface area contributed by atoms with Crippen molar-refractivity contribution in [1.82, 2.24) is 0 Å². The molecule has 1 aromatic carbocycles. The molecule has 3 heteroatoms. The minimum Gasteiger partial charge on any atom is -0.411 e. The van der Waals surface area contributed by atoms with Crippen molar-refractivity contribution in [3.63, 3.8) is 0 Å². The number of fused-ring (bicyclic) bond motifs is 1. The van der Waals surface area contributed by atoms with Crippen molar-refractivity contribution >= 4 is 17.5 Å². The van der Waals surface area contributed by atoms with Crippen molar-refractivity contribution in [1.29, 1.82) is 0 Å². The van der Waals surface area contributed by atoms with E-state index in [1.807, 2.05) is 0 Å². The summed E-state index contributed by atoms with van der Waals surface area (Å²) in [6, 6.07) is 4.33. The molecule has 20 heavy (non-hydrogen) atoms. The van der Waals surface area contributed by atoms with Crippen LogP contribution in [-0.4, -0.2) is 23.5 Å². The minimum absolute atomic E-state index is 0.0338. The Bertz CT molecular complexity index is 571. The zero-order chi connectivity index (χ0) is 14.9. The van der Waals surface area contributed by atoms with Gasteiger partial charge in [0.1, 0.15) is 0 Å². The average Bonchev–Trinajstić information content (AvgIpc) is 2.36. The van der Waals surface area contributed by atoms with Gasteiger partial charge in [-0.3, -0.25) is 0 Å². The van der Waals surface area contributed by atoms with Gasteiger partial charge in [0.25, 0.3) is 0 Å². The summed E-state index contributed by atoms with van der Waals surface area (Å²) in [5.74, 6) is 0. The second kappa shape index (κ2) is 5.31. The maximum Gasteiger partial charge on any atom is 0.0736 e. The predicted molar refractivity (Wildman–Crippen MR) is 85.9 cm³/mol. The Kier molecular flexibility index (Phi) is 3.89. The molecule has 0 unspecified atom stereocenters. The van der Waals surface area contributed by atoms with Gasteiger partial charge in [0, 0.05) is 17.8 Å². The number of oxime groups is 1. The number of hydrogen-bond donors (Lipinski definition) is 1. The monoisotopic (exact) mass is 272 g/mol. The van der Waals surface area contributed by atoms with Gasteiger partial charge in [-0.2, -0.15) is 0 Å².